The van der Waals surface area contributed by atoms with Gasteiger partial charge in [0.1, 0.15) is 0 Å². The Morgan fingerprint density at radius 3 is 2.45 bits per heavy atom. The van der Waals surface area contributed by atoms with Crippen molar-refractivity contribution in [2.75, 3.05) is 7.05 Å². The van der Waals surface area contributed by atoms with Crippen LogP contribution in [-0.4, -0.2) is 35.1 Å². The maximum absolute atomic E-state index is 12.0. The first-order chi connectivity index (χ1) is 9.42. The van der Waals surface area contributed by atoms with Crippen LogP contribution >= 0.6 is 23.2 Å². The molecule has 2 bridgehead atoms. The number of piperidine rings is 1. The van der Waals surface area contributed by atoms with Crippen LogP contribution in [0, 0.1) is 11.3 Å². The van der Waals surface area contributed by atoms with E-state index < -0.39 is 11.4 Å². The van der Waals surface area contributed by atoms with Crippen LogP contribution in [0.3, 0.4) is 0 Å². The Hall–Kier alpha value is -0.510. The highest BCUT2D eigenvalue weighted by Crippen LogP contribution is 2.51. The minimum atomic E-state index is -0.926. The van der Waals surface area contributed by atoms with Crippen molar-refractivity contribution in [1.29, 1.82) is 0 Å². The number of carbonyl (C=O) groups is 1. The Labute approximate surface area is 129 Å². The molecule has 2 saturated heterocycles. The lowest BCUT2D eigenvalue weighted by Gasteiger charge is -2.44. The number of allylic oxidation sites excluding steroid dienone is 3. The molecule has 3 nitrogen and oxygen atoms in total. The lowest BCUT2D eigenvalue weighted by Crippen LogP contribution is -2.48. The summed E-state index contributed by atoms with van der Waals surface area (Å²) in [6.07, 6.45) is 7.94. The predicted molar refractivity (Wildman–Crippen MR) is 79.9 cm³/mol. The van der Waals surface area contributed by atoms with E-state index in [-0.39, 0.29) is 5.92 Å². The first-order valence-electron chi connectivity index (χ1n) is 7.12. The monoisotopic (exact) mass is 315 g/mol. The molecule has 1 unspecified atom stereocenters. The van der Waals surface area contributed by atoms with Crippen molar-refractivity contribution < 1.29 is 9.90 Å². The highest BCUT2D eigenvalue weighted by atomic mass is 35.5. The van der Waals surface area contributed by atoms with Gasteiger partial charge in [-0.25, -0.2) is 0 Å². The van der Waals surface area contributed by atoms with Crippen molar-refractivity contribution in [3.63, 3.8) is 0 Å². The molecule has 0 saturated carbocycles. The Kier molecular flexibility index (Phi) is 3.64. The average molecular weight is 316 g/mol. The second-order valence-corrected chi connectivity index (χ2v) is 7.28. The molecule has 4 atom stereocenters. The molecule has 1 aliphatic carbocycles. The molecule has 2 heterocycles. The topological polar surface area (TPSA) is 40.5 Å². The van der Waals surface area contributed by atoms with Crippen LogP contribution in [-0.2, 0) is 4.79 Å². The van der Waals surface area contributed by atoms with E-state index in [1.165, 1.54) is 12.8 Å². The zero-order valence-electron chi connectivity index (χ0n) is 11.5. The first-order valence-corrected chi connectivity index (χ1v) is 7.88. The smallest absolute Gasteiger partial charge is 0.314 e. The third-order valence-corrected chi connectivity index (χ3v) is 5.84. The van der Waals surface area contributed by atoms with E-state index in [1.807, 2.05) is 0 Å². The molecule has 2 aliphatic heterocycles. The second-order valence-electron chi connectivity index (χ2n) is 6.36. The van der Waals surface area contributed by atoms with E-state index in [0.717, 1.165) is 12.8 Å². The van der Waals surface area contributed by atoms with Gasteiger partial charge in [-0.2, -0.15) is 0 Å². The van der Waals surface area contributed by atoms with E-state index in [0.29, 0.717) is 28.6 Å². The molecular formula is C15H19Cl2NO2. The van der Waals surface area contributed by atoms with Crippen molar-refractivity contribution >= 4 is 29.2 Å². The van der Waals surface area contributed by atoms with Gasteiger partial charge in [-0.1, -0.05) is 23.2 Å². The molecule has 2 fully saturated rings. The summed E-state index contributed by atoms with van der Waals surface area (Å²) in [5.41, 5.74) is -0.926. The van der Waals surface area contributed by atoms with Gasteiger partial charge >= 0.3 is 5.97 Å². The van der Waals surface area contributed by atoms with Gasteiger partial charge in [0, 0.05) is 28.6 Å². The summed E-state index contributed by atoms with van der Waals surface area (Å²) in [6, 6.07) is 1.01. The van der Waals surface area contributed by atoms with E-state index >= 15 is 0 Å². The number of halogens is 2. The third-order valence-electron chi connectivity index (χ3n) is 5.38. The van der Waals surface area contributed by atoms with Crippen LogP contribution in [0.1, 0.15) is 32.1 Å². The Morgan fingerprint density at radius 2 is 1.95 bits per heavy atom. The Bertz CT molecular complexity index is 488. The number of nitrogens with zero attached hydrogens (tertiary/aromatic N) is 1. The van der Waals surface area contributed by atoms with Gasteiger partial charge in [0.15, 0.2) is 0 Å². The summed E-state index contributed by atoms with van der Waals surface area (Å²) >= 11 is 12.2. The van der Waals surface area contributed by atoms with Gasteiger partial charge in [0.05, 0.1) is 5.41 Å². The fraction of sp³-hybridized carbons (Fsp3) is 0.667. The molecule has 3 rings (SSSR count). The highest BCUT2D eigenvalue weighted by Gasteiger charge is 2.51. The number of hydrogen-bond donors (Lipinski definition) is 1. The van der Waals surface area contributed by atoms with E-state index in [1.54, 1.807) is 12.2 Å². The zero-order valence-corrected chi connectivity index (χ0v) is 13.0. The third kappa shape index (κ3) is 2.20. The fourth-order valence-electron chi connectivity index (χ4n) is 4.23. The quantitative estimate of drug-likeness (QED) is 0.846. The predicted octanol–water partition coefficient (Wildman–Crippen LogP) is 3.58. The molecule has 0 spiro atoms. The number of aliphatic carboxylic acids is 1. The number of hydrogen-bond acceptors (Lipinski definition) is 2. The maximum atomic E-state index is 12.0. The van der Waals surface area contributed by atoms with Gasteiger partial charge in [0.25, 0.3) is 0 Å². The molecular weight excluding hydrogens is 297 g/mol. The average Bonchev–Trinajstić information content (AvgIpc) is 2.61. The van der Waals surface area contributed by atoms with Crippen LogP contribution in [0.2, 0.25) is 0 Å². The van der Waals surface area contributed by atoms with Gasteiger partial charge < -0.3 is 10.0 Å². The zero-order chi connectivity index (χ0) is 14.5. The van der Waals surface area contributed by atoms with Crippen LogP contribution in [0.4, 0.5) is 0 Å². The van der Waals surface area contributed by atoms with Crippen LogP contribution in [0.15, 0.2) is 22.2 Å². The summed E-state index contributed by atoms with van der Waals surface area (Å²) in [5.74, 6) is -0.680. The molecule has 5 heteroatoms. The minimum Gasteiger partial charge on any atom is -0.481 e. The molecule has 20 heavy (non-hydrogen) atoms. The van der Waals surface area contributed by atoms with Crippen LogP contribution in [0.25, 0.3) is 0 Å². The molecule has 0 radical (unpaired) electrons. The number of rotatable bonds is 2. The molecule has 0 aromatic heterocycles. The van der Waals surface area contributed by atoms with Crippen molar-refractivity contribution in [3.8, 4) is 0 Å². The number of fused-ring (bicyclic) bond motifs is 2. The van der Waals surface area contributed by atoms with Crippen molar-refractivity contribution in [3.05, 3.63) is 22.2 Å². The minimum absolute atomic E-state index is 0.116. The van der Waals surface area contributed by atoms with Gasteiger partial charge in [0.2, 0.25) is 0 Å². The summed E-state index contributed by atoms with van der Waals surface area (Å²) in [5, 5.41) is 10.8. The highest BCUT2D eigenvalue weighted by molar-refractivity contribution is 6.35. The first kappa shape index (κ1) is 14.4. The number of carboxylic acids is 1. The Morgan fingerprint density at radius 1 is 1.35 bits per heavy atom. The van der Waals surface area contributed by atoms with E-state index in [4.69, 9.17) is 23.2 Å². The summed E-state index contributed by atoms with van der Waals surface area (Å²) in [6.45, 7) is 0. The van der Waals surface area contributed by atoms with E-state index in [2.05, 4.69) is 11.9 Å². The van der Waals surface area contributed by atoms with Gasteiger partial charge in [-0.3, -0.25) is 4.79 Å². The maximum Gasteiger partial charge on any atom is 0.314 e. The molecule has 0 aromatic rings. The SMILES string of the molecule is CN1C2CC[C@H]1C[C@@H]([C@]1(C(=O)O)C=C(Cl)C=C(Cl)C1)C2. The van der Waals surface area contributed by atoms with Crippen molar-refractivity contribution in [2.24, 2.45) is 11.3 Å². The molecule has 110 valence electrons. The molecule has 0 aromatic carbocycles. The normalized spacial score (nSPS) is 41.2. The van der Waals surface area contributed by atoms with Crippen LogP contribution in [0.5, 0.6) is 0 Å². The van der Waals surface area contributed by atoms with E-state index in [9.17, 15) is 9.90 Å². The lowest BCUT2D eigenvalue weighted by molar-refractivity contribution is -0.150. The summed E-state index contributed by atoms with van der Waals surface area (Å²) in [4.78, 5) is 14.4. The van der Waals surface area contributed by atoms with Crippen LogP contribution < -0.4 is 0 Å². The van der Waals surface area contributed by atoms with Gasteiger partial charge in [-0.05, 0) is 50.8 Å². The fourth-order valence-corrected chi connectivity index (χ4v) is 4.95. The summed E-state index contributed by atoms with van der Waals surface area (Å²) in [7, 11) is 2.16. The van der Waals surface area contributed by atoms with Crippen molar-refractivity contribution in [2.45, 2.75) is 44.2 Å². The number of carboxylic acid groups (broad SMARTS) is 1. The molecule has 0 amide bonds. The summed E-state index contributed by atoms with van der Waals surface area (Å²) < 4.78 is 0. The van der Waals surface area contributed by atoms with Crippen molar-refractivity contribution in [1.82, 2.24) is 4.90 Å². The molecule has 1 N–H and O–H groups in total. The lowest BCUT2D eigenvalue weighted by atomic mass is 9.66. The molecule has 3 aliphatic rings. The standard InChI is InChI=1S/C15H19Cl2NO2/c1-18-12-2-3-13(18)5-9(4-12)15(14(19)20)7-10(16)6-11(17)8-15/h6-7,9,12-13H,2-5,8H2,1H3,(H,19,20)/t9-,12+,13?,15+/m1/s1. The Balaban J connectivity index is 1.93. The largest absolute Gasteiger partial charge is 0.481 e. The second kappa shape index (κ2) is 5.04. The van der Waals surface area contributed by atoms with Gasteiger partial charge in [-0.15, -0.1) is 0 Å².